The molecule has 2 aromatic rings. The van der Waals surface area contributed by atoms with Crippen LogP contribution in [0.25, 0.3) is 0 Å². The lowest BCUT2D eigenvalue weighted by Crippen LogP contribution is -2.47. The van der Waals surface area contributed by atoms with Crippen molar-refractivity contribution >= 4 is 6.03 Å². The van der Waals surface area contributed by atoms with Gasteiger partial charge in [-0.2, -0.15) is 0 Å². The molecule has 1 fully saturated rings. The minimum Gasteiger partial charge on any atom is -0.334 e. The first-order valence-corrected chi connectivity index (χ1v) is 8.19. The Morgan fingerprint density at radius 2 is 2.04 bits per heavy atom. The highest BCUT2D eigenvalue weighted by Crippen LogP contribution is 2.29. The first-order chi connectivity index (χ1) is 11.2. The first-order valence-electron chi connectivity index (χ1n) is 8.19. The summed E-state index contributed by atoms with van der Waals surface area (Å²) in [5.41, 5.74) is 2.34. The van der Waals surface area contributed by atoms with E-state index in [0.717, 1.165) is 25.1 Å². The second-order valence-corrected chi connectivity index (χ2v) is 6.37. The van der Waals surface area contributed by atoms with Gasteiger partial charge in [0, 0.05) is 37.9 Å². The standard InChI is InChI=1S/C19H23N3O/c1-15-10-18(17-7-3-2-4-8-17)14-22(13-15)19(23)21-12-16-6-5-9-20-11-16/h2-9,11,15,18H,10,12-14H2,1H3,(H,21,23). The van der Waals surface area contributed by atoms with E-state index in [4.69, 9.17) is 0 Å². The van der Waals surface area contributed by atoms with Crippen LogP contribution in [0.15, 0.2) is 54.9 Å². The smallest absolute Gasteiger partial charge is 0.317 e. The SMILES string of the molecule is CC1CC(c2ccccc2)CN(C(=O)NCc2cccnc2)C1. The van der Waals surface area contributed by atoms with Gasteiger partial charge in [-0.15, -0.1) is 0 Å². The fourth-order valence-electron chi connectivity index (χ4n) is 3.28. The van der Waals surface area contributed by atoms with E-state index in [1.54, 1.807) is 12.4 Å². The number of hydrogen-bond donors (Lipinski definition) is 1. The number of pyridine rings is 1. The van der Waals surface area contributed by atoms with Gasteiger partial charge in [-0.3, -0.25) is 4.98 Å². The van der Waals surface area contributed by atoms with Crippen LogP contribution in [0.1, 0.15) is 30.4 Å². The van der Waals surface area contributed by atoms with Crippen molar-refractivity contribution in [3.8, 4) is 0 Å². The number of amides is 2. The molecule has 2 unspecified atom stereocenters. The van der Waals surface area contributed by atoms with Crippen LogP contribution in [0, 0.1) is 5.92 Å². The third-order valence-corrected chi connectivity index (χ3v) is 4.38. The van der Waals surface area contributed by atoms with E-state index < -0.39 is 0 Å². The maximum atomic E-state index is 12.5. The normalized spacial score (nSPS) is 21.0. The zero-order valence-electron chi connectivity index (χ0n) is 13.5. The minimum atomic E-state index is 0.0151. The molecule has 2 atom stereocenters. The maximum Gasteiger partial charge on any atom is 0.317 e. The number of benzene rings is 1. The molecule has 1 saturated heterocycles. The van der Waals surface area contributed by atoms with Gasteiger partial charge in [0.1, 0.15) is 0 Å². The van der Waals surface area contributed by atoms with Crippen LogP contribution in [0.2, 0.25) is 0 Å². The minimum absolute atomic E-state index is 0.0151. The lowest BCUT2D eigenvalue weighted by Gasteiger charge is -2.36. The number of rotatable bonds is 3. The molecule has 1 N–H and O–H groups in total. The van der Waals surface area contributed by atoms with Gasteiger partial charge in [0.25, 0.3) is 0 Å². The van der Waals surface area contributed by atoms with E-state index in [0.29, 0.717) is 18.4 Å². The molecule has 2 amide bonds. The van der Waals surface area contributed by atoms with Crippen molar-refractivity contribution in [3.05, 3.63) is 66.0 Å². The number of hydrogen-bond acceptors (Lipinski definition) is 2. The Morgan fingerprint density at radius 3 is 2.78 bits per heavy atom. The van der Waals surface area contributed by atoms with E-state index in [2.05, 4.69) is 41.5 Å². The number of carbonyl (C=O) groups is 1. The molecule has 4 heteroatoms. The molecular weight excluding hydrogens is 286 g/mol. The number of carbonyl (C=O) groups excluding carboxylic acids is 1. The van der Waals surface area contributed by atoms with Gasteiger partial charge in [-0.25, -0.2) is 4.79 Å². The van der Waals surface area contributed by atoms with Gasteiger partial charge in [0.2, 0.25) is 0 Å². The summed E-state index contributed by atoms with van der Waals surface area (Å²) in [5.74, 6) is 0.933. The molecule has 1 aromatic heterocycles. The van der Waals surface area contributed by atoms with Crippen molar-refractivity contribution in [2.75, 3.05) is 13.1 Å². The molecule has 1 aliphatic heterocycles. The molecule has 23 heavy (non-hydrogen) atoms. The monoisotopic (exact) mass is 309 g/mol. The highest BCUT2D eigenvalue weighted by atomic mass is 16.2. The quantitative estimate of drug-likeness (QED) is 0.944. The fraction of sp³-hybridized carbons (Fsp3) is 0.368. The Morgan fingerprint density at radius 1 is 1.22 bits per heavy atom. The summed E-state index contributed by atoms with van der Waals surface area (Å²) in [6.07, 6.45) is 4.66. The van der Waals surface area contributed by atoms with Gasteiger partial charge in [0.15, 0.2) is 0 Å². The van der Waals surface area contributed by atoms with Crippen LogP contribution >= 0.6 is 0 Å². The lowest BCUT2D eigenvalue weighted by atomic mass is 9.85. The molecule has 0 radical (unpaired) electrons. The molecule has 0 aliphatic carbocycles. The van der Waals surface area contributed by atoms with Crippen LogP contribution in [-0.4, -0.2) is 29.0 Å². The summed E-state index contributed by atoms with van der Waals surface area (Å²) in [4.78, 5) is 18.5. The van der Waals surface area contributed by atoms with Gasteiger partial charge in [0.05, 0.1) is 0 Å². The Balaban J connectivity index is 1.61. The van der Waals surface area contributed by atoms with Crippen molar-refractivity contribution in [1.29, 1.82) is 0 Å². The first kappa shape index (κ1) is 15.5. The molecule has 0 bridgehead atoms. The number of piperidine rings is 1. The lowest BCUT2D eigenvalue weighted by molar-refractivity contribution is 0.159. The summed E-state index contributed by atoms with van der Waals surface area (Å²) in [5, 5.41) is 3.01. The molecule has 1 aliphatic rings. The summed E-state index contributed by atoms with van der Waals surface area (Å²) in [7, 11) is 0. The Kier molecular flexibility index (Phi) is 4.91. The number of urea groups is 1. The summed E-state index contributed by atoms with van der Waals surface area (Å²) in [6, 6.07) is 14.4. The van der Waals surface area contributed by atoms with E-state index in [9.17, 15) is 4.79 Å². The van der Waals surface area contributed by atoms with Crippen molar-refractivity contribution in [2.24, 2.45) is 5.92 Å². The summed E-state index contributed by atoms with van der Waals surface area (Å²) < 4.78 is 0. The molecule has 3 rings (SSSR count). The highest BCUT2D eigenvalue weighted by Gasteiger charge is 2.28. The third-order valence-electron chi connectivity index (χ3n) is 4.38. The maximum absolute atomic E-state index is 12.5. The van der Waals surface area contributed by atoms with Crippen molar-refractivity contribution in [3.63, 3.8) is 0 Å². The van der Waals surface area contributed by atoms with Crippen molar-refractivity contribution < 1.29 is 4.79 Å². The van der Waals surface area contributed by atoms with Crippen LogP contribution in [0.5, 0.6) is 0 Å². The number of aromatic nitrogens is 1. The molecule has 0 spiro atoms. The zero-order chi connectivity index (χ0) is 16.1. The Hall–Kier alpha value is -2.36. The van der Waals surface area contributed by atoms with Gasteiger partial charge in [-0.05, 0) is 29.5 Å². The largest absolute Gasteiger partial charge is 0.334 e. The summed E-state index contributed by atoms with van der Waals surface area (Å²) in [6.45, 7) is 4.35. The second-order valence-electron chi connectivity index (χ2n) is 6.37. The van der Waals surface area contributed by atoms with Gasteiger partial charge in [-0.1, -0.05) is 43.3 Å². The van der Waals surface area contributed by atoms with Crippen LogP contribution in [-0.2, 0) is 6.54 Å². The van der Waals surface area contributed by atoms with Gasteiger partial charge < -0.3 is 10.2 Å². The summed E-state index contributed by atoms with van der Waals surface area (Å²) >= 11 is 0. The van der Waals surface area contributed by atoms with E-state index in [1.807, 2.05) is 23.1 Å². The van der Waals surface area contributed by atoms with Crippen molar-refractivity contribution in [1.82, 2.24) is 15.2 Å². The molecule has 0 saturated carbocycles. The number of nitrogens with one attached hydrogen (secondary N) is 1. The second kappa shape index (κ2) is 7.27. The van der Waals surface area contributed by atoms with Crippen LogP contribution in [0.4, 0.5) is 4.79 Å². The fourth-order valence-corrected chi connectivity index (χ4v) is 3.28. The topological polar surface area (TPSA) is 45.2 Å². The Bertz CT molecular complexity index is 630. The average molecular weight is 309 g/mol. The van der Waals surface area contributed by atoms with Gasteiger partial charge >= 0.3 is 6.03 Å². The number of likely N-dealkylation sites (tertiary alicyclic amines) is 1. The predicted molar refractivity (Wildman–Crippen MR) is 91.0 cm³/mol. The Labute approximate surface area is 137 Å². The van der Waals surface area contributed by atoms with E-state index in [1.165, 1.54) is 5.56 Å². The van der Waals surface area contributed by atoms with Crippen LogP contribution < -0.4 is 5.32 Å². The average Bonchev–Trinajstić information content (AvgIpc) is 2.61. The molecule has 2 heterocycles. The van der Waals surface area contributed by atoms with E-state index >= 15 is 0 Å². The predicted octanol–water partition coefficient (Wildman–Crippen LogP) is 3.42. The zero-order valence-corrected chi connectivity index (χ0v) is 13.5. The highest BCUT2D eigenvalue weighted by molar-refractivity contribution is 5.74. The number of nitrogens with zero attached hydrogens (tertiary/aromatic N) is 2. The van der Waals surface area contributed by atoms with Crippen LogP contribution in [0.3, 0.4) is 0 Å². The van der Waals surface area contributed by atoms with Crippen molar-refractivity contribution in [2.45, 2.75) is 25.8 Å². The van der Waals surface area contributed by atoms with E-state index in [-0.39, 0.29) is 6.03 Å². The molecule has 4 nitrogen and oxygen atoms in total. The molecule has 120 valence electrons. The molecular formula is C19H23N3O. The third kappa shape index (κ3) is 4.09. The molecule has 1 aromatic carbocycles.